The van der Waals surface area contributed by atoms with Crippen molar-refractivity contribution in [2.24, 2.45) is 0 Å². The minimum atomic E-state index is -0.177. The van der Waals surface area contributed by atoms with Gasteiger partial charge in [-0.1, -0.05) is 18.2 Å². The standard InChI is InChI=1S/C13H16N4O/c1-14-17-13(18)11-6-9-8-4-2-3-5-10(8)16-12(9)7-15-11/h2-5,11,14-16H,6-7H2,1H3,(H,17,18). The van der Waals surface area contributed by atoms with Crippen LogP contribution in [0, 0.1) is 0 Å². The number of aromatic amines is 1. The monoisotopic (exact) mass is 244 g/mol. The fourth-order valence-corrected chi connectivity index (χ4v) is 2.54. The van der Waals surface area contributed by atoms with E-state index in [2.05, 4.69) is 33.3 Å². The second-order valence-electron chi connectivity index (χ2n) is 4.50. The fourth-order valence-electron chi connectivity index (χ4n) is 2.54. The molecule has 0 radical (unpaired) electrons. The van der Waals surface area contributed by atoms with E-state index in [1.54, 1.807) is 7.05 Å². The third-order valence-corrected chi connectivity index (χ3v) is 3.40. The Hall–Kier alpha value is -1.85. The molecule has 18 heavy (non-hydrogen) atoms. The van der Waals surface area contributed by atoms with Gasteiger partial charge in [0.15, 0.2) is 0 Å². The molecule has 1 aliphatic heterocycles. The number of amides is 1. The number of hydrogen-bond donors (Lipinski definition) is 4. The Bertz CT molecular complexity index is 590. The topological polar surface area (TPSA) is 68.9 Å². The van der Waals surface area contributed by atoms with Gasteiger partial charge in [0.25, 0.3) is 5.91 Å². The number of carbonyl (C=O) groups is 1. The number of H-pyrrole nitrogens is 1. The molecule has 0 aliphatic carbocycles. The Morgan fingerprint density at radius 3 is 3.06 bits per heavy atom. The number of carbonyl (C=O) groups excluding carboxylic acids is 1. The van der Waals surface area contributed by atoms with Crippen molar-refractivity contribution in [1.29, 1.82) is 0 Å². The van der Waals surface area contributed by atoms with Crippen LogP contribution < -0.4 is 16.2 Å². The third kappa shape index (κ3) is 1.77. The van der Waals surface area contributed by atoms with Crippen molar-refractivity contribution in [3.8, 4) is 0 Å². The maximum Gasteiger partial charge on any atom is 0.251 e. The first kappa shape index (κ1) is 11.3. The SMILES string of the molecule is CNNC(=O)C1Cc2c([nH]c3ccccc23)CN1. The summed E-state index contributed by atoms with van der Waals surface area (Å²) < 4.78 is 0. The zero-order valence-corrected chi connectivity index (χ0v) is 10.2. The lowest BCUT2D eigenvalue weighted by Gasteiger charge is -2.23. The summed E-state index contributed by atoms with van der Waals surface area (Å²) in [7, 11) is 1.69. The molecule has 94 valence electrons. The average molecular weight is 244 g/mol. The Kier molecular flexibility index (Phi) is 2.77. The predicted octanol–water partition coefficient (Wildman–Crippen LogP) is 0.433. The van der Waals surface area contributed by atoms with Crippen molar-refractivity contribution >= 4 is 16.8 Å². The van der Waals surface area contributed by atoms with Crippen LogP contribution in [-0.4, -0.2) is 24.0 Å². The summed E-state index contributed by atoms with van der Waals surface area (Å²) in [6.07, 6.45) is 0.715. The summed E-state index contributed by atoms with van der Waals surface area (Å²) in [4.78, 5) is 15.2. The number of para-hydroxylation sites is 1. The quantitative estimate of drug-likeness (QED) is 0.579. The lowest BCUT2D eigenvalue weighted by molar-refractivity contribution is -0.124. The first-order valence-electron chi connectivity index (χ1n) is 6.08. The molecular weight excluding hydrogens is 228 g/mol. The predicted molar refractivity (Wildman–Crippen MR) is 69.8 cm³/mol. The maximum absolute atomic E-state index is 11.8. The molecule has 5 nitrogen and oxygen atoms in total. The van der Waals surface area contributed by atoms with Crippen molar-refractivity contribution in [3.05, 3.63) is 35.5 Å². The summed E-state index contributed by atoms with van der Waals surface area (Å²) >= 11 is 0. The molecule has 1 amide bonds. The molecule has 2 aromatic rings. The van der Waals surface area contributed by atoms with E-state index in [9.17, 15) is 4.79 Å². The van der Waals surface area contributed by atoms with Gasteiger partial charge in [-0.25, -0.2) is 5.43 Å². The van der Waals surface area contributed by atoms with Gasteiger partial charge in [0.1, 0.15) is 0 Å². The fraction of sp³-hybridized carbons (Fsp3) is 0.308. The van der Waals surface area contributed by atoms with Gasteiger partial charge < -0.3 is 4.98 Å². The van der Waals surface area contributed by atoms with Gasteiger partial charge in [-0.3, -0.25) is 15.5 Å². The van der Waals surface area contributed by atoms with Gasteiger partial charge in [-0.2, -0.15) is 0 Å². The molecule has 3 rings (SSSR count). The first-order chi connectivity index (χ1) is 8.79. The number of aromatic nitrogens is 1. The molecule has 1 aliphatic rings. The van der Waals surface area contributed by atoms with Crippen LogP contribution in [0.4, 0.5) is 0 Å². The molecule has 1 unspecified atom stereocenters. The van der Waals surface area contributed by atoms with Crippen LogP contribution >= 0.6 is 0 Å². The van der Waals surface area contributed by atoms with Crippen molar-refractivity contribution < 1.29 is 4.79 Å². The van der Waals surface area contributed by atoms with Gasteiger partial charge in [0.2, 0.25) is 0 Å². The molecule has 0 bridgehead atoms. The highest BCUT2D eigenvalue weighted by Crippen LogP contribution is 2.26. The van der Waals surface area contributed by atoms with Crippen molar-refractivity contribution in [2.75, 3.05) is 7.05 Å². The zero-order valence-electron chi connectivity index (χ0n) is 10.2. The first-order valence-corrected chi connectivity index (χ1v) is 6.08. The summed E-state index contributed by atoms with van der Waals surface area (Å²) in [5, 5.41) is 4.46. The molecule has 5 heteroatoms. The van der Waals surface area contributed by atoms with Crippen LogP contribution in [0.15, 0.2) is 24.3 Å². The van der Waals surface area contributed by atoms with Crippen LogP contribution in [-0.2, 0) is 17.8 Å². The number of hydrogen-bond acceptors (Lipinski definition) is 3. The Morgan fingerprint density at radius 2 is 2.22 bits per heavy atom. The number of hydrazine groups is 1. The van der Waals surface area contributed by atoms with E-state index in [0.29, 0.717) is 13.0 Å². The molecule has 0 fully saturated rings. The summed E-state index contributed by atoms with van der Waals surface area (Å²) in [6.45, 7) is 0.700. The Balaban J connectivity index is 1.94. The molecule has 1 atom stereocenters. The summed E-state index contributed by atoms with van der Waals surface area (Å²) in [5.41, 5.74) is 8.87. The smallest absolute Gasteiger partial charge is 0.251 e. The highest BCUT2D eigenvalue weighted by atomic mass is 16.2. The third-order valence-electron chi connectivity index (χ3n) is 3.40. The van der Waals surface area contributed by atoms with Gasteiger partial charge in [0.05, 0.1) is 6.04 Å². The molecule has 1 aromatic heterocycles. The molecule has 0 saturated carbocycles. The second-order valence-corrected chi connectivity index (χ2v) is 4.50. The van der Waals surface area contributed by atoms with Gasteiger partial charge in [-0.15, -0.1) is 0 Å². The highest BCUT2D eigenvalue weighted by molar-refractivity contribution is 5.87. The van der Waals surface area contributed by atoms with Crippen LogP contribution in [0.1, 0.15) is 11.3 Å². The van der Waals surface area contributed by atoms with Gasteiger partial charge in [-0.05, 0) is 18.1 Å². The van der Waals surface area contributed by atoms with Gasteiger partial charge in [0, 0.05) is 30.2 Å². The molecule has 0 spiro atoms. The number of nitrogens with one attached hydrogen (secondary N) is 4. The largest absolute Gasteiger partial charge is 0.357 e. The van der Waals surface area contributed by atoms with E-state index in [4.69, 9.17) is 0 Å². The molecule has 1 aromatic carbocycles. The lowest BCUT2D eigenvalue weighted by Crippen LogP contribution is -2.50. The number of fused-ring (bicyclic) bond motifs is 3. The van der Waals surface area contributed by atoms with E-state index in [-0.39, 0.29) is 11.9 Å². The average Bonchev–Trinajstić information content (AvgIpc) is 2.76. The van der Waals surface area contributed by atoms with E-state index < -0.39 is 0 Å². The maximum atomic E-state index is 11.8. The molecule has 0 saturated heterocycles. The van der Waals surface area contributed by atoms with E-state index >= 15 is 0 Å². The molecule has 2 heterocycles. The summed E-state index contributed by atoms with van der Waals surface area (Å²) in [6, 6.07) is 8.04. The van der Waals surface area contributed by atoms with E-state index in [1.165, 1.54) is 16.6 Å². The number of benzene rings is 1. The van der Waals surface area contributed by atoms with Crippen molar-refractivity contribution in [1.82, 2.24) is 21.2 Å². The van der Waals surface area contributed by atoms with E-state index in [0.717, 1.165) is 5.52 Å². The second kappa shape index (κ2) is 4.44. The summed E-state index contributed by atoms with van der Waals surface area (Å²) in [5.74, 6) is -0.0200. The highest BCUT2D eigenvalue weighted by Gasteiger charge is 2.26. The van der Waals surface area contributed by atoms with Gasteiger partial charge >= 0.3 is 0 Å². The Labute approximate surface area is 105 Å². The van der Waals surface area contributed by atoms with Crippen LogP contribution in [0.3, 0.4) is 0 Å². The molecule has 4 N–H and O–H groups in total. The minimum absolute atomic E-state index is 0.0200. The van der Waals surface area contributed by atoms with Crippen LogP contribution in [0.2, 0.25) is 0 Å². The zero-order chi connectivity index (χ0) is 12.5. The van der Waals surface area contributed by atoms with Crippen molar-refractivity contribution in [2.45, 2.75) is 19.0 Å². The Morgan fingerprint density at radius 1 is 1.39 bits per heavy atom. The minimum Gasteiger partial charge on any atom is -0.357 e. The van der Waals surface area contributed by atoms with Crippen LogP contribution in [0.25, 0.3) is 10.9 Å². The number of rotatable bonds is 2. The lowest BCUT2D eigenvalue weighted by atomic mass is 9.98. The molecular formula is C13H16N4O. The van der Waals surface area contributed by atoms with Crippen LogP contribution in [0.5, 0.6) is 0 Å². The van der Waals surface area contributed by atoms with E-state index in [1.807, 2.05) is 12.1 Å². The normalized spacial score (nSPS) is 18.6. The van der Waals surface area contributed by atoms with Crippen molar-refractivity contribution in [3.63, 3.8) is 0 Å².